The van der Waals surface area contributed by atoms with E-state index >= 15 is 0 Å². The van der Waals surface area contributed by atoms with Gasteiger partial charge in [-0.3, -0.25) is 0 Å². The molecule has 1 aliphatic carbocycles. The van der Waals surface area contributed by atoms with E-state index in [1.165, 1.54) is 64.6 Å². The molecule has 1 heterocycles. The van der Waals surface area contributed by atoms with Gasteiger partial charge >= 0.3 is 0 Å². The van der Waals surface area contributed by atoms with Crippen molar-refractivity contribution in [3.63, 3.8) is 0 Å². The fourth-order valence-corrected chi connectivity index (χ4v) is 3.33. The number of nitrogens with zero attached hydrogens (tertiary/aromatic N) is 1. The van der Waals surface area contributed by atoms with Gasteiger partial charge in [-0.25, -0.2) is 0 Å². The molecule has 2 aliphatic rings. The predicted octanol–water partition coefficient (Wildman–Crippen LogP) is 1.58. The lowest BCUT2D eigenvalue weighted by molar-refractivity contribution is 0.188. The molecule has 0 aromatic rings. The summed E-state index contributed by atoms with van der Waals surface area (Å²) in [6.07, 6.45) is 9.96. The van der Waals surface area contributed by atoms with Crippen LogP contribution in [0.15, 0.2) is 0 Å². The van der Waals surface area contributed by atoms with Crippen LogP contribution in [0.25, 0.3) is 0 Å². The fraction of sp³-hybridized carbons (Fsp3) is 1.00. The second-order valence-electron chi connectivity index (χ2n) is 5.84. The number of hydrogen-bond donors (Lipinski definition) is 2. The number of nitrogens with one attached hydrogen (secondary N) is 1. The summed E-state index contributed by atoms with van der Waals surface area (Å²) in [5.41, 5.74) is 5.63. The van der Waals surface area contributed by atoms with E-state index < -0.39 is 0 Å². The summed E-state index contributed by atoms with van der Waals surface area (Å²) in [5, 5.41) is 3.80. The third-order valence-electron chi connectivity index (χ3n) is 4.37. The molecule has 100 valence electrons. The van der Waals surface area contributed by atoms with Crippen LogP contribution in [-0.4, -0.2) is 43.7 Å². The maximum atomic E-state index is 5.63. The molecule has 0 radical (unpaired) electrons. The topological polar surface area (TPSA) is 41.3 Å². The van der Waals surface area contributed by atoms with Crippen LogP contribution in [0, 0.1) is 5.92 Å². The second-order valence-corrected chi connectivity index (χ2v) is 5.84. The Balaban J connectivity index is 1.64. The van der Waals surface area contributed by atoms with Gasteiger partial charge in [0.25, 0.3) is 0 Å². The largest absolute Gasteiger partial charge is 0.329 e. The summed E-state index contributed by atoms with van der Waals surface area (Å²) < 4.78 is 0. The summed E-state index contributed by atoms with van der Waals surface area (Å²) in [4.78, 5) is 2.52. The van der Waals surface area contributed by atoms with Crippen LogP contribution < -0.4 is 11.1 Å². The van der Waals surface area contributed by atoms with E-state index in [4.69, 9.17) is 5.73 Å². The minimum atomic E-state index is 0.720. The van der Waals surface area contributed by atoms with E-state index in [0.29, 0.717) is 0 Å². The standard InChI is InChI=1S/C14H29N3/c15-8-10-17-9-4-7-14(12-17)16-11-13-5-2-1-3-6-13/h13-14,16H,1-12,15H2. The molecular formula is C14H29N3. The second kappa shape index (κ2) is 7.34. The summed E-state index contributed by atoms with van der Waals surface area (Å²) in [6, 6.07) is 0.720. The lowest BCUT2D eigenvalue weighted by Gasteiger charge is -2.34. The van der Waals surface area contributed by atoms with Crippen molar-refractivity contribution in [3.8, 4) is 0 Å². The summed E-state index contributed by atoms with van der Waals surface area (Å²) >= 11 is 0. The zero-order valence-electron chi connectivity index (χ0n) is 11.2. The molecule has 1 atom stereocenters. The zero-order chi connectivity index (χ0) is 11.9. The van der Waals surface area contributed by atoms with Gasteiger partial charge in [-0.1, -0.05) is 19.3 Å². The molecule has 3 heteroatoms. The molecule has 1 aliphatic heterocycles. The first-order valence-electron chi connectivity index (χ1n) is 7.54. The van der Waals surface area contributed by atoms with E-state index in [2.05, 4.69) is 10.2 Å². The first-order valence-corrected chi connectivity index (χ1v) is 7.54. The molecule has 3 N–H and O–H groups in total. The van der Waals surface area contributed by atoms with E-state index in [-0.39, 0.29) is 0 Å². The molecule has 2 fully saturated rings. The van der Waals surface area contributed by atoms with E-state index in [1.807, 2.05) is 0 Å². The smallest absolute Gasteiger partial charge is 0.0195 e. The Morgan fingerprint density at radius 3 is 2.65 bits per heavy atom. The monoisotopic (exact) mass is 239 g/mol. The number of rotatable bonds is 5. The Bertz CT molecular complexity index is 200. The third-order valence-corrected chi connectivity index (χ3v) is 4.37. The van der Waals surface area contributed by atoms with Crippen LogP contribution in [0.3, 0.4) is 0 Å². The Kier molecular flexibility index (Phi) is 5.75. The summed E-state index contributed by atoms with van der Waals surface area (Å²) in [5.74, 6) is 0.952. The quantitative estimate of drug-likeness (QED) is 0.765. The van der Waals surface area contributed by atoms with Gasteiger partial charge in [0, 0.05) is 25.7 Å². The number of piperidine rings is 1. The van der Waals surface area contributed by atoms with Gasteiger partial charge < -0.3 is 16.0 Å². The van der Waals surface area contributed by atoms with Crippen molar-refractivity contribution >= 4 is 0 Å². The van der Waals surface area contributed by atoms with Gasteiger partial charge in [0.1, 0.15) is 0 Å². The van der Waals surface area contributed by atoms with E-state index in [9.17, 15) is 0 Å². The summed E-state index contributed by atoms with van der Waals surface area (Å²) in [6.45, 7) is 5.58. The molecule has 17 heavy (non-hydrogen) atoms. The van der Waals surface area contributed by atoms with Gasteiger partial charge in [0.15, 0.2) is 0 Å². The van der Waals surface area contributed by atoms with Crippen molar-refractivity contribution in [2.45, 2.75) is 51.0 Å². The number of nitrogens with two attached hydrogens (primary N) is 1. The normalized spacial score (nSPS) is 28.4. The van der Waals surface area contributed by atoms with Gasteiger partial charge in [0.2, 0.25) is 0 Å². The SMILES string of the molecule is NCCN1CCCC(NCC2CCCCC2)C1. The highest BCUT2D eigenvalue weighted by atomic mass is 15.2. The molecule has 1 saturated heterocycles. The van der Waals surface area contributed by atoms with Crippen molar-refractivity contribution in [3.05, 3.63) is 0 Å². The van der Waals surface area contributed by atoms with Crippen molar-refractivity contribution in [2.75, 3.05) is 32.7 Å². The maximum absolute atomic E-state index is 5.63. The van der Waals surface area contributed by atoms with Crippen molar-refractivity contribution in [1.82, 2.24) is 10.2 Å². The number of hydrogen-bond acceptors (Lipinski definition) is 3. The molecule has 0 bridgehead atoms. The Morgan fingerprint density at radius 2 is 1.88 bits per heavy atom. The highest BCUT2D eigenvalue weighted by molar-refractivity contribution is 4.80. The van der Waals surface area contributed by atoms with Gasteiger partial charge in [-0.2, -0.15) is 0 Å². The van der Waals surface area contributed by atoms with Crippen LogP contribution in [-0.2, 0) is 0 Å². The van der Waals surface area contributed by atoms with Crippen LogP contribution in [0.1, 0.15) is 44.9 Å². The highest BCUT2D eigenvalue weighted by Crippen LogP contribution is 2.23. The summed E-state index contributed by atoms with van der Waals surface area (Å²) in [7, 11) is 0. The van der Waals surface area contributed by atoms with Crippen molar-refractivity contribution < 1.29 is 0 Å². The first-order chi connectivity index (χ1) is 8.38. The Morgan fingerprint density at radius 1 is 1.06 bits per heavy atom. The van der Waals surface area contributed by atoms with Crippen molar-refractivity contribution in [1.29, 1.82) is 0 Å². The Labute approximate surface area is 106 Å². The van der Waals surface area contributed by atoms with Crippen LogP contribution >= 0.6 is 0 Å². The lowest BCUT2D eigenvalue weighted by atomic mass is 9.89. The molecule has 1 saturated carbocycles. The first kappa shape index (κ1) is 13.3. The zero-order valence-corrected chi connectivity index (χ0v) is 11.2. The van der Waals surface area contributed by atoms with Gasteiger partial charge in [0.05, 0.1) is 0 Å². The molecule has 0 aromatic carbocycles. The molecule has 0 amide bonds. The molecule has 0 spiro atoms. The predicted molar refractivity (Wildman–Crippen MR) is 73.1 cm³/mol. The van der Waals surface area contributed by atoms with Crippen molar-refractivity contribution in [2.24, 2.45) is 11.7 Å². The van der Waals surface area contributed by atoms with E-state index in [0.717, 1.165) is 25.0 Å². The molecule has 3 nitrogen and oxygen atoms in total. The Hall–Kier alpha value is -0.120. The highest BCUT2D eigenvalue weighted by Gasteiger charge is 2.20. The van der Waals surface area contributed by atoms with Gasteiger partial charge in [-0.05, 0) is 44.7 Å². The minimum Gasteiger partial charge on any atom is -0.329 e. The molecular weight excluding hydrogens is 210 g/mol. The maximum Gasteiger partial charge on any atom is 0.0195 e. The van der Waals surface area contributed by atoms with Crippen LogP contribution in [0.4, 0.5) is 0 Å². The lowest BCUT2D eigenvalue weighted by Crippen LogP contribution is -2.48. The van der Waals surface area contributed by atoms with Crippen LogP contribution in [0.5, 0.6) is 0 Å². The van der Waals surface area contributed by atoms with E-state index in [1.54, 1.807) is 0 Å². The fourth-order valence-electron chi connectivity index (χ4n) is 3.33. The van der Waals surface area contributed by atoms with Crippen LogP contribution in [0.2, 0.25) is 0 Å². The molecule has 1 unspecified atom stereocenters. The third kappa shape index (κ3) is 4.57. The molecule has 2 rings (SSSR count). The molecule has 0 aromatic heterocycles. The average Bonchev–Trinajstić information content (AvgIpc) is 2.39. The average molecular weight is 239 g/mol. The minimum absolute atomic E-state index is 0.720. The van der Waals surface area contributed by atoms with Gasteiger partial charge in [-0.15, -0.1) is 0 Å². The number of likely N-dealkylation sites (tertiary alicyclic amines) is 1.